The van der Waals surface area contributed by atoms with Crippen LogP contribution in [-0.2, 0) is 0 Å². The number of rotatable bonds is 2. The first-order chi connectivity index (χ1) is 15.4. The molecule has 6 N–H and O–H groups in total. The van der Waals surface area contributed by atoms with E-state index < -0.39 is 11.9 Å². The number of nitriles is 1. The van der Waals surface area contributed by atoms with Crippen LogP contribution in [0.15, 0.2) is 64.0 Å². The van der Waals surface area contributed by atoms with Crippen LogP contribution in [0, 0.1) is 17.1 Å². The molecular weight excluding hydrogens is 409 g/mol. The van der Waals surface area contributed by atoms with Crippen LogP contribution in [0.4, 0.5) is 10.2 Å². The van der Waals surface area contributed by atoms with E-state index in [1.165, 1.54) is 24.5 Å². The summed E-state index contributed by atoms with van der Waals surface area (Å²) < 4.78 is 20.3. The van der Waals surface area contributed by atoms with Crippen LogP contribution in [0.1, 0.15) is 36.6 Å². The molecule has 0 spiro atoms. The Morgan fingerprint density at radius 3 is 2.81 bits per heavy atom. The smallest absolute Gasteiger partial charge is 0.166 e. The average molecular weight is 433 g/mol. The Kier molecular flexibility index (Phi) is 6.85. The van der Waals surface area contributed by atoms with E-state index in [0.29, 0.717) is 46.0 Å². The van der Waals surface area contributed by atoms with E-state index in [4.69, 9.17) is 21.9 Å². The van der Waals surface area contributed by atoms with Crippen molar-refractivity contribution in [3.8, 4) is 11.8 Å². The molecule has 1 aliphatic rings. The molecule has 1 atom stereocenters. The van der Waals surface area contributed by atoms with Crippen molar-refractivity contribution in [2.24, 2.45) is 21.5 Å². The van der Waals surface area contributed by atoms with E-state index >= 15 is 0 Å². The number of pyridine rings is 1. The van der Waals surface area contributed by atoms with Crippen LogP contribution in [0.5, 0.6) is 5.75 Å². The zero-order chi connectivity index (χ0) is 23.3. The molecule has 0 saturated carbocycles. The number of fused-ring (bicyclic) bond motifs is 3. The maximum Gasteiger partial charge on any atom is 0.166 e. The van der Waals surface area contributed by atoms with Gasteiger partial charge < -0.3 is 21.9 Å². The number of aliphatic imine (C=N–C) groups is 2. The van der Waals surface area contributed by atoms with Crippen molar-refractivity contribution in [1.82, 2.24) is 4.98 Å². The Labute approximate surface area is 185 Å². The summed E-state index contributed by atoms with van der Waals surface area (Å²) in [5.74, 6) is 0.0400. The number of allylic oxidation sites excluding steroid dienone is 1. The fourth-order valence-electron chi connectivity index (χ4n) is 3.41. The van der Waals surface area contributed by atoms with E-state index in [1.54, 1.807) is 25.3 Å². The fraction of sp³-hybridized carbons (Fsp3) is 0.217. The summed E-state index contributed by atoms with van der Waals surface area (Å²) in [6.45, 7) is 4.24. The number of anilines is 1. The molecular formula is C23H24FN7O. The first-order valence-electron chi connectivity index (χ1n) is 9.98. The van der Waals surface area contributed by atoms with Gasteiger partial charge in [-0.3, -0.25) is 9.98 Å². The molecule has 8 nitrogen and oxygen atoms in total. The zero-order valence-corrected chi connectivity index (χ0v) is 17.8. The number of benzene rings is 1. The third-order valence-electron chi connectivity index (χ3n) is 4.94. The molecule has 2 aromatic rings. The minimum absolute atomic E-state index is 0.107. The molecule has 0 amide bonds. The lowest BCUT2D eigenvalue weighted by molar-refractivity contribution is 0.227. The molecule has 2 heterocycles. The zero-order valence-electron chi connectivity index (χ0n) is 17.8. The Bertz CT molecular complexity index is 1190. The highest BCUT2D eigenvalue weighted by Crippen LogP contribution is 2.31. The SMILES string of the molecule is CCN=C1C(=CN)CN=C(C(C#N)=CN)c2ccc(F)cc2C(C)Oc2cc1cnc2N. The highest BCUT2D eigenvalue weighted by atomic mass is 19.1. The first-order valence-corrected chi connectivity index (χ1v) is 9.98. The molecule has 0 fully saturated rings. The van der Waals surface area contributed by atoms with Gasteiger partial charge in [-0.1, -0.05) is 0 Å². The van der Waals surface area contributed by atoms with Gasteiger partial charge in [0, 0.05) is 47.4 Å². The van der Waals surface area contributed by atoms with Crippen molar-refractivity contribution in [2.45, 2.75) is 20.0 Å². The molecule has 0 radical (unpaired) electrons. The molecule has 2 bridgehead atoms. The van der Waals surface area contributed by atoms with Gasteiger partial charge in [0.2, 0.25) is 0 Å². The predicted octanol–water partition coefficient (Wildman–Crippen LogP) is 2.76. The van der Waals surface area contributed by atoms with Crippen molar-refractivity contribution in [3.63, 3.8) is 0 Å². The Morgan fingerprint density at radius 1 is 1.38 bits per heavy atom. The quantitative estimate of drug-likeness (QED) is 0.620. The highest BCUT2D eigenvalue weighted by Gasteiger charge is 2.23. The Hall–Kier alpha value is -4.19. The number of halogens is 1. The predicted molar refractivity (Wildman–Crippen MR) is 123 cm³/mol. The lowest BCUT2D eigenvalue weighted by Crippen LogP contribution is -2.18. The monoisotopic (exact) mass is 433 g/mol. The number of ether oxygens (including phenoxy) is 1. The summed E-state index contributed by atoms with van der Waals surface area (Å²) in [5.41, 5.74) is 20.9. The first kappa shape index (κ1) is 22.5. The van der Waals surface area contributed by atoms with Gasteiger partial charge >= 0.3 is 0 Å². The standard InChI is InChI=1S/C23H24FN7O/c1-3-29-21-14-6-20(23(28)31-11-14)32-13(2)19-7-17(24)4-5-18(19)22(15(8-25)9-26)30-12-16(21)10-27/h4-8,10-11,13H,3,12,25,27H2,1-2H3,(H2,28,31). The van der Waals surface area contributed by atoms with Gasteiger partial charge in [-0.15, -0.1) is 0 Å². The van der Waals surface area contributed by atoms with Crippen molar-refractivity contribution >= 4 is 17.2 Å². The Morgan fingerprint density at radius 2 is 2.16 bits per heavy atom. The van der Waals surface area contributed by atoms with Gasteiger partial charge in [0.15, 0.2) is 11.6 Å². The van der Waals surface area contributed by atoms with Gasteiger partial charge in [-0.2, -0.15) is 5.26 Å². The number of nitrogen functional groups attached to an aromatic ring is 1. The van der Waals surface area contributed by atoms with Crippen LogP contribution in [-0.4, -0.2) is 29.5 Å². The van der Waals surface area contributed by atoms with Crippen LogP contribution < -0.4 is 21.9 Å². The maximum atomic E-state index is 14.2. The molecule has 1 unspecified atom stereocenters. The van der Waals surface area contributed by atoms with Crippen molar-refractivity contribution in [3.05, 3.63) is 76.5 Å². The van der Waals surface area contributed by atoms with Crippen LogP contribution in [0.2, 0.25) is 0 Å². The summed E-state index contributed by atoms with van der Waals surface area (Å²) in [6.07, 6.45) is 3.51. The van der Waals surface area contributed by atoms with E-state index in [1.807, 2.05) is 13.0 Å². The molecule has 3 rings (SSSR count). The molecule has 164 valence electrons. The second kappa shape index (κ2) is 9.75. The molecule has 0 aliphatic carbocycles. The number of hydrogen-bond donors (Lipinski definition) is 3. The second-order valence-electron chi connectivity index (χ2n) is 6.97. The van der Waals surface area contributed by atoms with Gasteiger partial charge in [-0.25, -0.2) is 9.37 Å². The minimum atomic E-state index is -0.640. The van der Waals surface area contributed by atoms with Crippen molar-refractivity contribution in [1.29, 1.82) is 5.26 Å². The third-order valence-corrected chi connectivity index (χ3v) is 4.94. The van der Waals surface area contributed by atoms with E-state index in [2.05, 4.69) is 15.0 Å². The van der Waals surface area contributed by atoms with Crippen LogP contribution in [0.3, 0.4) is 0 Å². The topological polar surface area (TPSA) is 149 Å². The number of aromatic nitrogens is 1. The van der Waals surface area contributed by atoms with Gasteiger partial charge in [0.1, 0.15) is 18.0 Å². The van der Waals surface area contributed by atoms with Crippen molar-refractivity contribution in [2.75, 3.05) is 18.8 Å². The maximum absolute atomic E-state index is 14.2. The fourth-order valence-corrected chi connectivity index (χ4v) is 3.41. The second-order valence-corrected chi connectivity index (χ2v) is 6.97. The number of nitrogens with two attached hydrogens (primary N) is 3. The minimum Gasteiger partial charge on any atom is -0.482 e. The average Bonchev–Trinajstić information content (AvgIpc) is 2.79. The largest absolute Gasteiger partial charge is 0.482 e. The lowest BCUT2D eigenvalue weighted by atomic mass is 9.94. The van der Waals surface area contributed by atoms with E-state index in [9.17, 15) is 9.65 Å². The summed E-state index contributed by atoms with van der Waals surface area (Å²) >= 11 is 0. The molecule has 9 heteroatoms. The summed E-state index contributed by atoms with van der Waals surface area (Å²) in [6, 6.07) is 7.94. The number of hydrogen-bond acceptors (Lipinski definition) is 8. The summed E-state index contributed by atoms with van der Waals surface area (Å²) in [4.78, 5) is 13.4. The molecule has 1 aliphatic heterocycles. The highest BCUT2D eigenvalue weighted by molar-refractivity contribution is 6.17. The van der Waals surface area contributed by atoms with Gasteiger partial charge in [0.25, 0.3) is 0 Å². The number of nitrogens with zero attached hydrogens (tertiary/aromatic N) is 4. The normalized spacial score (nSPS) is 19.2. The molecule has 1 aromatic carbocycles. The molecule has 32 heavy (non-hydrogen) atoms. The molecule has 1 aromatic heterocycles. The lowest BCUT2D eigenvalue weighted by Gasteiger charge is -2.22. The van der Waals surface area contributed by atoms with Crippen molar-refractivity contribution < 1.29 is 9.13 Å². The third kappa shape index (κ3) is 4.44. The molecule has 0 saturated heterocycles. The van der Waals surface area contributed by atoms with Gasteiger partial charge in [0.05, 0.1) is 23.5 Å². The van der Waals surface area contributed by atoms with Gasteiger partial charge in [-0.05, 0) is 38.1 Å². The Balaban J connectivity index is 2.34. The summed E-state index contributed by atoms with van der Waals surface area (Å²) in [7, 11) is 0. The van der Waals surface area contributed by atoms with Crippen LogP contribution in [0.25, 0.3) is 0 Å². The van der Waals surface area contributed by atoms with E-state index in [0.717, 1.165) is 0 Å². The van der Waals surface area contributed by atoms with Crippen LogP contribution >= 0.6 is 0 Å². The van der Waals surface area contributed by atoms with E-state index in [-0.39, 0.29) is 17.9 Å². The summed E-state index contributed by atoms with van der Waals surface area (Å²) in [5, 5.41) is 9.64.